The number of hydrogen-bond donors (Lipinski definition) is 1. The monoisotopic (exact) mass is 320 g/mol. The molecule has 0 aliphatic rings. The van der Waals surface area contributed by atoms with E-state index in [1.54, 1.807) is 18.4 Å². The van der Waals surface area contributed by atoms with Crippen molar-refractivity contribution in [1.82, 2.24) is 4.98 Å². The van der Waals surface area contributed by atoms with Crippen LogP contribution in [0.15, 0.2) is 18.2 Å². The van der Waals surface area contributed by atoms with Crippen molar-refractivity contribution in [2.45, 2.75) is 33.1 Å². The van der Waals surface area contributed by atoms with Gasteiger partial charge < -0.3 is 15.2 Å². The molecule has 0 bridgehead atoms. The topological polar surface area (TPSA) is 57.4 Å². The van der Waals surface area contributed by atoms with E-state index in [0.29, 0.717) is 13.2 Å². The van der Waals surface area contributed by atoms with Crippen LogP contribution in [0.4, 0.5) is 0 Å². The minimum absolute atomic E-state index is 0.197. The summed E-state index contributed by atoms with van der Waals surface area (Å²) in [4.78, 5) is 5.91. The van der Waals surface area contributed by atoms with Gasteiger partial charge in [0.05, 0.1) is 24.4 Å². The van der Waals surface area contributed by atoms with Crippen molar-refractivity contribution >= 4 is 11.3 Å². The summed E-state index contributed by atoms with van der Waals surface area (Å²) in [6, 6.07) is 5.99. The number of thiazole rings is 1. The molecule has 0 aliphatic carbocycles. The van der Waals surface area contributed by atoms with Crippen LogP contribution in [0.1, 0.15) is 34.0 Å². The van der Waals surface area contributed by atoms with Gasteiger partial charge in [0.1, 0.15) is 0 Å². The van der Waals surface area contributed by atoms with E-state index < -0.39 is 0 Å². The third-order valence-corrected chi connectivity index (χ3v) is 4.94. The summed E-state index contributed by atoms with van der Waals surface area (Å²) in [6.07, 6.45) is 0.799. The Balaban J connectivity index is 2.29. The normalized spacial score (nSPS) is 12.2. The number of ether oxygens (including phenoxy) is 2. The summed E-state index contributed by atoms with van der Waals surface area (Å²) >= 11 is 1.73. The van der Waals surface area contributed by atoms with E-state index in [1.807, 2.05) is 26.0 Å². The molecule has 0 aliphatic heterocycles. The first-order valence-corrected chi connectivity index (χ1v) is 8.35. The zero-order valence-electron chi connectivity index (χ0n) is 13.7. The average molecular weight is 320 g/mol. The molecule has 120 valence electrons. The lowest BCUT2D eigenvalue weighted by Crippen LogP contribution is -2.15. The van der Waals surface area contributed by atoms with Crippen molar-refractivity contribution in [3.8, 4) is 11.5 Å². The summed E-state index contributed by atoms with van der Waals surface area (Å²) in [5, 5.41) is 1.10. The van der Waals surface area contributed by atoms with E-state index >= 15 is 0 Å². The van der Waals surface area contributed by atoms with Crippen LogP contribution in [0.3, 0.4) is 0 Å². The zero-order valence-corrected chi connectivity index (χ0v) is 14.5. The smallest absolute Gasteiger partial charge is 0.163 e. The third kappa shape index (κ3) is 3.59. The lowest BCUT2D eigenvalue weighted by molar-refractivity contribution is 0.309. The van der Waals surface area contributed by atoms with Gasteiger partial charge in [-0.15, -0.1) is 11.3 Å². The number of benzene rings is 1. The van der Waals surface area contributed by atoms with Crippen molar-refractivity contribution in [3.05, 3.63) is 39.3 Å². The van der Waals surface area contributed by atoms with Crippen LogP contribution in [-0.2, 0) is 6.42 Å². The first-order chi connectivity index (χ1) is 10.6. The maximum absolute atomic E-state index is 5.99. The minimum atomic E-state index is 0.197. The summed E-state index contributed by atoms with van der Waals surface area (Å²) in [5.74, 6) is 1.78. The highest BCUT2D eigenvalue weighted by Gasteiger charge is 2.19. The summed E-state index contributed by atoms with van der Waals surface area (Å²) in [6.45, 7) is 7.29. The summed E-state index contributed by atoms with van der Waals surface area (Å²) in [5.41, 5.74) is 8.19. The first kappa shape index (κ1) is 16.8. The maximum atomic E-state index is 5.99. The highest BCUT2D eigenvalue weighted by Crippen LogP contribution is 2.35. The van der Waals surface area contributed by atoms with E-state index in [1.165, 1.54) is 4.88 Å². The molecule has 1 unspecified atom stereocenters. The molecule has 1 heterocycles. The Morgan fingerprint density at radius 3 is 2.64 bits per heavy atom. The number of hydrogen-bond acceptors (Lipinski definition) is 5. The van der Waals surface area contributed by atoms with Crippen molar-refractivity contribution < 1.29 is 9.47 Å². The Labute approximate surface area is 136 Å². The Hall–Kier alpha value is -1.59. The lowest BCUT2D eigenvalue weighted by atomic mass is 9.99. The second kappa shape index (κ2) is 7.61. The fourth-order valence-electron chi connectivity index (χ4n) is 2.43. The van der Waals surface area contributed by atoms with E-state index in [4.69, 9.17) is 15.2 Å². The number of aromatic nitrogens is 1. The number of methoxy groups -OCH3 is 1. The molecule has 4 nitrogen and oxygen atoms in total. The first-order valence-electron chi connectivity index (χ1n) is 7.53. The van der Waals surface area contributed by atoms with Crippen LogP contribution in [-0.4, -0.2) is 25.2 Å². The van der Waals surface area contributed by atoms with E-state index in [2.05, 4.69) is 18.0 Å². The second-order valence-corrected chi connectivity index (χ2v) is 6.45. The zero-order chi connectivity index (χ0) is 16.1. The molecule has 0 fully saturated rings. The highest BCUT2D eigenvalue weighted by atomic mass is 32.1. The average Bonchev–Trinajstić information content (AvgIpc) is 2.84. The molecule has 5 heteroatoms. The summed E-state index contributed by atoms with van der Waals surface area (Å²) < 4.78 is 11.2. The molecule has 2 N–H and O–H groups in total. The molecule has 1 aromatic carbocycles. The standard InChI is InChI=1S/C17H24N2O2S/c1-5-21-15-8-6-7-13(16(15)20-4)9-14(10-18)17-19-11(2)12(3)22-17/h6-8,14H,5,9-10,18H2,1-4H3. The van der Waals surface area contributed by atoms with Gasteiger partial charge in [0.2, 0.25) is 0 Å². The molecular formula is C17H24N2O2S. The lowest BCUT2D eigenvalue weighted by Gasteiger charge is -2.17. The molecule has 22 heavy (non-hydrogen) atoms. The molecule has 0 saturated carbocycles. The molecule has 0 radical (unpaired) electrons. The quantitative estimate of drug-likeness (QED) is 0.849. The van der Waals surface area contributed by atoms with Gasteiger partial charge in [0, 0.05) is 17.3 Å². The largest absolute Gasteiger partial charge is 0.493 e. The second-order valence-electron chi connectivity index (χ2n) is 5.21. The van der Waals surface area contributed by atoms with Gasteiger partial charge in [-0.3, -0.25) is 0 Å². The van der Waals surface area contributed by atoms with Gasteiger partial charge in [0.15, 0.2) is 11.5 Å². The molecular weight excluding hydrogens is 296 g/mol. The fourth-order valence-corrected chi connectivity index (χ4v) is 3.47. The van der Waals surface area contributed by atoms with Crippen LogP contribution in [0.2, 0.25) is 0 Å². The Morgan fingerprint density at radius 1 is 1.32 bits per heavy atom. The van der Waals surface area contributed by atoms with Gasteiger partial charge in [-0.25, -0.2) is 4.98 Å². The van der Waals surface area contributed by atoms with E-state index in [-0.39, 0.29) is 5.92 Å². The van der Waals surface area contributed by atoms with Crippen LogP contribution < -0.4 is 15.2 Å². The van der Waals surface area contributed by atoms with Gasteiger partial charge in [0.25, 0.3) is 0 Å². The molecule has 1 atom stereocenters. The van der Waals surface area contributed by atoms with E-state index in [0.717, 1.165) is 34.2 Å². The Kier molecular flexibility index (Phi) is 5.80. The molecule has 0 saturated heterocycles. The number of nitrogens with two attached hydrogens (primary N) is 1. The SMILES string of the molecule is CCOc1cccc(CC(CN)c2nc(C)c(C)s2)c1OC. The van der Waals surface area contributed by atoms with Crippen LogP contribution in [0.5, 0.6) is 11.5 Å². The van der Waals surface area contributed by atoms with Crippen molar-refractivity contribution in [2.24, 2.45) is 5.73 Å². The van der Waals surface area contributed by atoms with Gasteiger partial charge in [-0.1, -0.05) is 12.1 Å². The molecule has 0 spiro atoms. The predicted octanol–water partition coefficient (Wildman–Crippen LogP) is 3.45. The van der Waals surface area contributed by atoms with Crippen molar-refractivity contribution in [1.29, 1.82) is 0 Å². The van der Waals surface area contributed by atoms with Crippen LogP contribution >= 0.6 is 11.3 Å². The van der Waals surface area contributed by atoms with Gasteiger partial charge >= 0.3 is 0 Å². The molecule has 2 aromatic rings. The third-order valence-electron chi connectivity index (χ3n) is 3.71. The Bertz CT molecular complexity index is 606. The van der Waals surface area contributed by atoms with Crippen molar-refractivity contribution in [3.63, 3.8) is 0 Å². The van der Waals surface area contributed by atoms with Crippen LogP contribution in [0, 0.1) is 13.8 Å². The number of nitrogens with zero attached hydrogens (tertiary/aromatic N) is 1. The highest BCUT2D eigenvalue weighted by molar-refractivity contribution is 7.11. The van der Waals surface area contributed by atoms with Crippen molar-refractivity contribution in [2.75, 3.05) is 20.3 Å². The Morgan fingerprint density at radius 2 is 2.09 bits per heavy atom. The number of para-hydroxylation sites is 1. The van der Waals surface area contributed by atoms with Crippen LogP contribution in [0.25, 0.3) is 0 Å². The summed E-state index contributed by atoms with van der Waals surface area (Å²) in [7, 11) is 1.68. The fraction of sp³-hybridized carbons (Fsp3) is 0.471. The predicted molar refractivity (Wildman–Crippen MR) is 91.3 cm³/mol. The minimum Gasteiger partial charge on any atom is -0.493 e. The maximum Gasteiger partial charge on any atom is 0.163 e. The number of rotatable bonds is 7. The van der Waals surface area contributed by atoms with E-state index in [9.17, 15) is 0 Å². The number of aryl methyl sites for hydroxylation is 2. The molecule has 0 amide bonds. The molecule has 2 rings (SSSR count). The van der Waals surface area contributed by atoms with Gasteiger partial charge in [-0.2, -0.15) is 0 Å². The molecule has 1 aromatic heterocycles. The van der Waals surface area contributed by atoms with Gasteiger partial charge in [-0.05, 0) is 38.8 Å².